The number of carbonyl (C=O) groups excluding carboxylic acids is 2. The van der Waals surface area contributed by atoms with Gasteiger partial charge >= 0.3 is 0 Å². The molecule has 28 heavy (non-hydrogen) atoms. The topological polar surface area (TPSA) is 95.1 Å². The zero-order valence-electron chi connectivity index (χ0n) is 16.1. The number of hydrogen-bond donors (Lipinski definition) is 3. The van der Waals surface area contributed by atoms with Crippen LogP contribution in [0.15, 0.2) is 29.3 Å². The van der Waals surface area contributed by atoms with Crippen molar-refractivity contribution in [2.24, 2.45) is 10.9 Å². The molecule has 1 aromatic rings. The molecule has 2 saturated heterocycles. The Kier molecular flexibility index (Phi) is 8.97. The average molecular weight is 501 g/mol. The van der Waals surface area contributed by atoms with Crippen molar-refractivity contribution in [3.05, 3.63) is 35.4 Å². The standard InChI is InChI=1S/C19H27N5O3.HI/c1-20-19(23-11-15-6-9-27-13-15)22-10-14-2-4-16(5-3-14)18(26)24-8-7-21-17(25)12-24;/h2-5,15H,6-13H2,1H3,(H,21,25)(H2,20,22,23);1H. The summed E-state index contributed by atoms with van der Waals surface area (Å²) in [5.74, 6) is 1.06. The average Bonchev–Trinajstić information content (AvgIpc) is 3.21. The third kappa shape index (κ3) is 6.33. The molecule has 154 valence electrons. The summed E-state index contributed by atoms with van der Waals surface area (Å²) in [4.78, 5) is 29.7. The molecular formula is C19H28IN5O3. The van der Waals surface area contributed by atoms with Crippen molar-refractivity contribution < 1.29 is 14.3 Å². The molecule has 2 heterocycles. The number of ether oxygens (including phenoxy) is 1. The number of benzene rings is 1. The molecule has 9 heteroatoms. The van der Waals surface area contributed by atoms with E-state index in [1.807, 2.05) is 12.1 Å². The number of carbonyl (C=O) groups is 2. The Morgan fingerprint density at radius 2 is 2.11 bits per heavy atom. The number of hydrogen-bond acceptors (Lipinski definition) is 4. The molecule has 1 unspecified atom stereocenters. The van der Waals surface area contributed by atoms with Crippen molar-refractivity contribution in [2.45, 2.75) is 13.0 Å². The van der Waals surface area contributed by atoms with Crippen LogP contribution >= 0.6 is 24.0 Å². The van der Waals surface area contributed by atoms with Gasteiger partial charge in [-0.2, -0.15) is 0 Å². The highest BCUT2D eigenvalue weighted by Crippen LogP contribution is 2.11. The first kappa shape index (κ1) is 22.4. The van der Waals surface area contributed by atoms with Crippen LogP contribution in [0.5, 0.6) is 0 Å². The van der Waals surface area contributed by atoms with Gasteiger partial charge in [-0.25, -0.2) is 0 Å². The van der Waals surface area contributed by atoms with Crippen LogP contribution in [0.3, 0.4) is 0 Å². The van der Waals surface area contributed by atoms with Crippen molar-refractivity contribution in [3.8, 4) is 0 Å². The summed E-state index contributed by atoms with van der Waals surface area (Å²) < 4.78 is 5.38. The van der Waals surface area contributed by atoms with Gasteiger partial charge in [-0.15, -0.1) is 24.0 Å². The van der Waals surface area contributed by atoms with Crippen molar-refractivity contribution >= 4 is 41.8 Å². The van der Waals surface area contributed by atoms with Gasteiger partial charge in [0, 0.05) is 51.3 Å². The molecule has 2 amide bonds. The molecule has 2 fully saturated rings. The highest BCUT2D eigenvalue weighted by Gasteiger charge is 2.22. The molecule has 0 spiro atoms. The van der Waals surface area contributed by atoms with Crippen LogP contribution in [0.25, 0.3) is 0 Å². The number of halogens is 1. The molecule has 3 N–H and O–H groups in total. The first-order chi connectivity index (χ1) is 13.2. The lowest BCUT2D eigenvalue weighted by atomic mass is 10.1. The number of nitrogens with one attached hydrogen (secondary N) is 3. The van der Waals surface area contributed by atoms with Gasteiger partial charge in [0.05, 0.1) is 13.2 Å². The zero-order valence-corrected chi connectivity index (χ0v) is 18.4. The van der Waals surface area contributed by atoms with Crippen molar-refractivity contribution in [1.82, 2.24) is 20.9 Å². The van der Waals surface area contributed by atoms with Gasteiger partial charge in [0.1, 0.15) is 0 Å². The van der Waals surface area contributed by atoms with Crippen molar-refractivity contribution in [2.75, 3.05) is 46.4 Å². The van der Waals surface area contributed by atoms with Crippen LogP contribution in [0.1, 0.15) is 22.3 Å². The van der Waals surface area contributed by atoms with Gasteiger partial charge in [-0.1, -0.05) is 12.1 Å². The molecule has 0 bridgehead atoms. The number of aliphatic imine (C=N–C) groups is 1. The molecule has 0 radical (unpaired) electrons. The van der Waals surface area contributed by atoms with Gasteiger partial charge in [0.15, 0.2) is 5.96 Å². The second-order valence-corrected chi connectivity index (χ2v) is 6.81. The van der Waals surface area contributed by atoms with Crippen molar-refractivity contribution in [3.63, 3.8) is 0 Å². The van der Waals surface area contributed by atoms with Gasteiger partial charge in [0.2, 0.25) is 5.91 Å². The summed E-state index contributed by atoms with van der Waals surface area (Å²) >= 11 is 0. The number of piperazine rings is 1. The summed E-state index contributed by atoms with van der Waals surface area (Å²) in [6, 6.07) is 7.44. The Morgan fingerprint density at radius 1 is 1.32 bits per heavy atom. The summed E-state index contributed by atoms with van der Waals surface area (Å²) in [6.07, 6.45) is 1.08. The largest absolute Gasteiger partial charge is 0.381 e. The predicted octanol–water partition coefficient (Wildman–Crippen LogP) is 0.578. The quantitative estimate of drug-likeness (QED) is 0.312. The molecular weight excluding hydrogens is 473 g/mol. The van der Waals surface area contributed by atoms with Crippen LogP contribution < -0.4 is 16.0 Å². The second kappa shape index (κ2) is 11.2. The Morgan fingerprint density at radius 3 is 2.75 bits per heavy atom. The van der Waals surface area contributed by atoms with Gasteiger partial charge < -0.3 is 25.6 Å². The van der Waals surface area contributed by atoms with E-state index in [9.17, 15) is 9.59 Å². The third-order valence-corrected chi connectivity index (χ3v) is 4.79. The highest BCUT2D eigenvalue weighted by atomic mass is 127. The lowest BCUT2D eigenvalue weighted by Gasteiger charge is -2.26. The minimum Gasteiger partial charge on any atom is -0.381 e. The minimum atomic E-state index is -0.113. The fourth-order valence-electron chi connectivity index (χ4n) is 3.15. The zero-order chi connectivity index (χ0) is 19.1. The summed E-state index contributed by atoms with van der Waals surface area (Å²) in [7, 11) is 1.75. The molecule has 3 rings (SSSR count). The first-order valence-corrected chi connectivity index (χ1v) is 9.33. The monoisotopic (exact) mass is 501 g/mol. The number of guanidine groups is 1. The van der Waals surface area contributed by atoms with E-state index in [1.165, 1.54) is 0 Å². The van der Waals surface area contributed by atoms with E-state index in [-0.39, 0.29) is 42.3 Å². The number of nitrogens with zero attached hydrogens (tertiary/aromatic N) is 2. The van der Waals surface area contributed by atoms with Crippen LogP contribution in [-0.4, -0.2) is 69.1 Å². The lowest BCUT2D eigenvalue weighted by Crippen LogP contribution is -2.49. The van der Waals surface area contributed by atoms with Crippen LogP contribution in [-0.2, 0) is 16.1 Å². The summed E-state index contributed by atoms with van der Waals surface area (Å²) in [5.41, 5.74) is 1.65. The maximum atomic E-state index is 12.5. The maximum Gasteiger partial charge on any atom is 0.254 e. The van der Waals surface area contributed by atoms with E-state index >= 15 is 0 Å². The first-order valence-electron chi connectivity index (χ1n) is 9.33. The Bertz CT molecular complexity index is 689. The molecule has 0 aromatic heterocycles. The SMILES string of the molecule is CN=C(NCc1ccc(C(=O)N2CCNC(=O)C2)cc1)NCC1CCOC1.I. The van der Waals surface area contributed by atoms with Gasteiger partial charge in [0.25, 0.3) is 5.91 Å². The summed E-state index contributed by atoms with van der Waals surface area (Å²) in [6.45, 7) is 4.27. The minimum absolute atomic E-state index is 0. The van der Waals surface area contributed by atoms with Crippen LogP contribution in [0.2, 0.25) is 0 Å². The summed E-state index contributed by atoms with van der Waals surface area (Å²) in [5, 5.41) is 9.32. The molecule has 0 saturated carbocycles. The molecule has 1 atom stereocenters. The molecule has 1 aromatic carbocycles. The van der Waals surface area contributed by atoms with E-state index in [2.05, 4.69) is 20.9 Å². The number of rotatable bonds is 5. The third-order valence-electron chi connectivity index (χ3n) is 4.79. The van der Waals surface area contributed by atoms with E-state index in [4.69, 9.17) is 4.74 Å². The maximum absolute atomic E-state index is 12.5. The Hall–Kier alpha value is -1.88. The predicted molar refractivity (Wildman–Crippen MR) is 118 cm³/mol. The smallest absolute Gasteiger partial charge is 0.254 e. The normalized spacial score (nSPS) is 19.6. The number of amides is 2. The fourth-order valence-corrected chi connectivity index (χ4v) is 3.15. The molecule has 8 nitrogen and oxygen atoms in total. The van der Waals surface area contributed by atoms with E-state index in [1.54, 1.807) is 24.1 Å². The van der Waals surface area contributed by atoms with E-state index in [0.717, 1.165) is 37.7 Å². The fraction of sp³-hybridized carbons (Fsp3) is 0.526. The lowest BCUT2D eigenvalue weighted by molar-refractivity contribution is -0.123. The highest BCUT2D eigenvalue weighted by molar-refractivity contribution is 14.0. The molecule has 2 aliphatic heterocycles. The Balaban J connectivity index is 0.00000280. The second-order valence-electron chi connectivity index (χ2n) is 6.81. The Labute approximate surface area is 182 Å². The molecule has 2 aliphatic rings. The van der Waals surface area contributed by atoms with Gasteiger partial charge in [-0.05, 0) is 24.1 Å². The van der Waals surface area contributed by atoms with E-state index in [0.29, 0.717) is 31.1 Å². The van der Waals surface area contributed by atoms with Gasteiger partial charge in [-0.3, -0.25) is 14.6 Å². The molecule has 0 aliphatic carbocycles. The van der Waals surface area contributed by atoms with Crippen LogP contribution in [0.4, 0.5) is 0 Å². The van der Waals surface area contributed by atoms with Crippen molar-refractivity contribution in [1.29, 1.82) is 0 Å². The van der Waals surface area contributed by atoms with Crippen LogP contribution in [0, 0.1) is 5.92 Å². The van der Waals surface area contributed by atoms with E-state index < -0.39 is 0 Å².